The highest BCUT2D eigenvalue weighted by molar-refractivity contribution is 9.10. The van der Waals surface area contributed by atoms with E-state index in [1.807, 2.05) is 17.8 Å². The molecule has 0 atom stereocenters. The number of nitrogen functional groups attached to an aromatic ring is 1. The van der Waals surface area contributed by atoms with Crippen LogP contribution in [0.15, 0.2) is 35.1 Å². The standard InChI is InChI=1S/C13H14BrN3O/c1-17-5-4-16-13(17)3-2-12(18)9-6-10(14)8-11(15)7-9/h4-8H,2-3,15H2,1H3. The molecule has 1 aromatic heterocycles. The molecule has 1 heterocycles. The fourth-order valence-electron chi connectivity index (χ4n) is 1.78. The van der Waals surface area contributed by atoms with E-state index in [9.17, 15) is 4.79 Å². The lowest BCUT2D eigenvalue weighted by molar-refractivity contribution is 0.0982. The van der Waals surface area contributed by atoms with E-state index in [1.54, 1.807) is 24.4 Å². The van der Waals surface area contributed by atoms with Gasteiger partial charge in [-0.1, -0.05) is 15.9 Å². The zero-order chi connectivity index (χ0) is 13.1. The van der Waals surface area contributed by atoms with Gasteiger partial charge >= 0.3 is 0 Å². The summed E-state index contributed by atoms with van der Waals surface area (Å²) < 4.78 is 2.74. The van der Waals surface area contributed by atoms with Crippen molar-refractivity contribution in [3.63, 3.8) is 0 Å². The fraction of sp³-hybridized carbons (Fsp3) is 0.231. The third-order valence-electron chi connectivity index (χ3n) is 2.74. The Morgan fingerprint density at radius 2 is 2.22 bits per heavy atom. The number of carbonyl (C=O) groups is 1. The van der Waals surface area contributed by atoms with Gasteiger partial charge in [0.15, 0.2) is 5.78 Å². The van der Waals surface area contributed by atoms with Crippen molar-refractivity contribution in [1.82, 2.24) is 9.55 Å². The van der Waals surface area contributed by atoms with Gasteiger partial charge in [0.2, 0.25) is 0 Å². The molecule has 2 rings (SSSR count). The Morgan fingerprint density at radius 1 is 1.44 bits per heavy atom. The third kappa shape index (κ3) is 2.98. The highest BCUT2D eigenvalue weighted by Crippen LogP contribution is 2.18. The van der Waals surface area contributed by atoms with E-state index in [-0.39, 0.29) is 5.78 Å². The number of rotatable bonds is 4. The van der Waals surface area contributed by atoms with E-state index in [0.717, 1.165) is 10.3 Å². The average Bonchev–Trinajstić information content (AvgIpc) is 2.70. The molecule has 2 aromatic rings. The molecular weight excluding hydrogens is 294 g/mol. The number of halogens is 1. The molecule has 0 aliphatic heterocycles. The van der Waals surface area contributed by atoms with Crippen molar-refractivity contribution in [2.75, 3.05) is 5.73 Å². The van der Waals surface area contributed by atoms with Crippen molar-refractivity contribution < 1.29 is 4.79 Å². The molecule has 0 amide bonds. The summed E-state index contributed by atoms with van der Waals surface area (Å²) >= 11 is 3.33. The molecule has 5 heteroatoms. The summed E-state index contributed by atoms with van der Waals surface area (Å²) in [6.07, 6.45) is 4.67. The van der Waals surface area contributed by atoms with Gasteiger partial charge in [-0.15, -0.1) is 0 Å². The van der Waals surface area contributed by atoms with Gasteiger partial charge in [0.25, 0.3) is 0 Å². The molecule has 0 unspecified atom stereocenters. The van der Waals surface area contributed by atoms with E-state index in [0.29, 0.717) is 24.1 Å². The number of benzene rings is 1. The van der Waals surface area contributed by atoms with E-state index in [4.69, 9.17) is 5.73 Å². The minimum Gasteiger partial charge on any atom is -0.399 e. The number of anilines is 1. The Balaban J connectivity index is 2.06. The number of ketones is 1. The predicted molar refractivity (Wildman–Crippen MR) is 74.4 cm³/mol. The van der Waals surface area contributed by atoms with E-state index in [1.165, 1.54) is 0 Å². The lowest BCUT2D eigenvalue weighted by Gasteiger charge is -2.04. The molecule has 0 radical (unpaired) electrons. The topological polar surface area (TPSA) is 60.9 Å². The lowest BCUT2D eigenvalue weighted by Crippen LogP contribution is -2.05. The number of hydrogen-bond donors (Lipinski definition) is 1. The van der Waals surface area contributed by atoms with Crippen LogP contribution in [0.3, 0.4) is 0 Å². The Kier molecular flexibility index (Phi) is 3.81. The van der Waals surface area contributed by atoms with Gasteiger partial charge in [0.1, 0.15) is 5.82 Å². The number of imidazole rings is 1. The predicted octanol–water partition coefficient (Wildman–Crippen LogP) is 2.58. The number of nitrogens with two attached hydrogens (primary N) is 1. The van der Waals surface area contributed by atoms with E-state index >= 15 is 0 Å². The second-order valence-electron chi connectivity index (χ2n) is 4.15. The van der Waals surface area contributed by atoms with Crippen LogP contribution in [0.2, 0.25) is 0 Å². The van der Waals surface area contributed by atoms with Crippen LogP contribution in [0.25, 0.3) is 0 Å². The minimum absolute atomic E-state index is 0.0750. The Labute approximate surface area is 114 Å². The summed E-state index contributed by atoms with van der Waals surface area (Å²) in [5.74, 6) is 0.984. The summed E-state index contributed by atoms with van der Waals surface area (Å²) in [5, 5.41) is 0. The van der Waals surface area contributed by atoms with E-state index < -0.39 is 0 Å². The summed E-state index contributed by atoms with van der Waals surface area (Å²) in [6, 6.07) is 5.26. The zero-order valence-electron chi connectivity index (χ0n) is 10.1. The third-order valence-corrected chi connectivity index (χ3v) is 3.20. The molecule has 2 N–H and O–H groups in total. The minimum atomic E-state index is 0.0750. The Morgan fingerprint density at radius 3 is 2.83 bits per heavy atom. The second-order valence-corrected chi connectivity index (χ2v) is 5.07. The Hall–Kier alpha value is -1.62. The molecule has 0 bridgehead atoms. The molecule has 18 heavy (non-hydrogen) atoms. The largest absolute Gasteiger partial charge is 0.399 e. The van der Waals surface area contributed by atoms with Crippen molar-refractivity contribution in [2.45, 2.75) is 12.8 Å². The van der Waals surface area contributed by atoms with Gasteiger partial charge in [-0.25, -0.2) is 4.98 Å². The van der Waals surface area contributed by atoms with Crippen molar-refractivity contribution in [1.29, 1.82) is 0 Å². The van der Waals surface area contributed by atoms with Crippen LogP contribution in [0.1, 0.15) is 22.6 Å². The van der Waals surface area contributed by atoms with Gasteiger partial charge in [-0.3, -0.25) is 4.79 Å². The number of aromatic nitrogens is 2. The van der Waals surface area contributed by atoms with Gasteiger partial charge in [0, 0.05) is 48.0 Å². The zero-order valence-corrected chi connectivity index (χ0v) is 11.6. The highest BCUT2D eigenvalue weighted by atomic mass is 79.9. The Bertz CT molecular complexity index is 557. The number of Topliss-reactive ketones (excluding diaryl/α,β-unsaturated/α-hetero) is 1. The molecule has 0 saturated carbocycles. The van der Waals surface area contributed by atoms with Crippen LogP contribution in [0, 0.1) is 0 Å². The van der Waals surface area contributed by atoms with Gasteiger partial charge in [0.05, 0.1) is 0 Å². The van der Waals surface area contributed by atoms with Crippen LogP contribution in [0.5, 0.6) is 0 Å². The maximum absolute atomic E-state index is 12.0. The normalized spacial score (nSPS) is 10.6. The molecular formula is C13H14BrN3O. The lowest BCUT2D eigenvalue weighted by atomic mass is 10.1. The summed E-state index contributed by atoms with van der Waals surface area (Å²) in [5.41, 5.74) is 6.94. The summed E-state index contributed by atoms with van der Waals surface area (Å²) in [7, 11) is 1.92. The smallest absolute Gasteiger partial charge is 0.163 e. The van der Waals surface area contributed by atoms with Crippen LogP contribution < -0.4 is 5.73 Å². The van der Waals surface area contributed by atoms with Crippen LogP contribution in [0.4, 0.5) is 5.69 Å². The molecule has 0 aliphatic rings. The molecule has 0 fully saturated rings. The number of nitrogens with zero attached hydrogens (tertiary/aromatic N) is 2. The first-order valence-corrected chi connectivity index (χ1v) is 6.41. The molecule has 4 nitrogen and oxygen atoms in total. The molecule has 1 aromatic carbocycles. The maximum Gasteiger partial charge on any atom is 0.163 e. The highest BCUT2D eigenvalue weighted by Gasteiger charge is 2.09. The summed E-state index contributed by atoms with van der Waals surface area (Å²) in [6.45, 7) is 0. The average molecular weight is 308 g/mol. The fourth-order valence-corrected chi connectivity index (χ4v) is 2.29. The number of carbonyl (C=O) groups excluding carboxylic acids is 1. The van der Waals surface area contributed by atoms with E-state index in [2.05, 4.69) is 20.9 Å². The monoisotopic (exact) mass is 307 g/mol. The second kappa shape index (κ2) is 5.35. The van der Waals surface area contributed by atoms with Crippen LogP contribution >= 0.6 is 15.9 Å². The first-order valence-electron chi connectivity index (χ1n) is 5.62. The first kappa shape index (κ1) is 12.8. The number of hydrogen-bond acceptors (Lipinski definition) is 3. The SMILES string of the molecule is Cn1ccnc1CCC(=O)c1cc(N)cc(Br)c1. The van der Waals surface area contributed by atoms with Crippen LogP contribution in [-0.4, -0.2) is 15.3 Å². The van der Waals surface area contributed by atoms with Gasteiger partial charge < -0.3 is 10.3 Å². The molecule has 94 valence electrons. The van der Waals surface area contributed by atoms with Crippen molar-refractivity contribution >= 4 is 27.4 Å². The molecule has 0 aliphatic carbocycles. The molecule has 0 saturated heterocycles. The van der Waals surface area contributed by atoms with Crippen molar-refractivity contribution in [3.8, 4) is 0 Å². The number of aryl methyl sites for hydroxylation is 2. The van der Waals surface area contributed by atoms with Gasteiger partial charge in [-0.05, 0) is 18.2 Å². The summed E-state index contributed by atoms with van der Waals surface area (Å²) in [4.78, 5) is 16.2. The van der Waals surface area contributed by atoms with Crippen molar-refractivity contribution in [3.05, 3.63) is 46.5 Å². The van der Waals surface area contributed by atoms with Crippen molar-refractivity contribution in [2.24, 2.45) is 7.05 Å². The quantitative estimate of drug-likeness (QED) is 0.697. The first-order chi connectivity index (χ1) is 8.56. The maximum atomic E-state index is 12.0. The molecule has 0 spiro atoms. The van der Waals surface area contributed by atoms with Gasteiger partial charge in [-0.2, -0.15) is 0 Å². The van der Waals surface area contributed by atoms with Crippen LogP contribution in [-0.2, 0) is 13.5 Å².